The first-order valence-electron chi connectivity index (χ1n) is 9.65. The second-order valence-electron chi connectivity index (χ2n) is 8.75. The molecule has 152 valence electrons. The van der Waals surface area contributed by atoms with Crippen LogP contribution < -0.4 is 5.32 Å². The Balaban J connectivity index is 0.000000206. The predicted octanol–water partition coefficient (Wildman–Crippen LogP) is 3.12. The number of amides is 1. The molecule has 1 N–H and O–H groups in total. The third kappa shape index (κ3) is 4.64. The Morgan fingerprint density at radius 1 is 1.00 bits per heavy atom. The van der Waals surface area contributed by atoms with Gasteiger partial charge in [-0.25, -0.2) is 4.79 Å². The molecule has 4 fully saturated rings. The van der Waals surface area contributed by atoms with Crippen molar-refractivity contribution >= 4 is 18.5 Å². The Labute approximate surface area is 163 Å². The summed E-state index contributed by atoms with van der Waals surface area (Å²) in [6, 6.07) is 2.01. The van der Waals surface area contributed by atoms with Gasteiger partial charge in [-0.15, -0.1) is 12.4 Å². The van der Waals surface area contributed by atoms with Crippen LogP contribution >= 0.6 is 12.4 Å². The van der Waals surface area contributed by atoms with Gasteiger partial charge >= 0.3 is 6.09 Å². The van der Waals surface area contributed by atoms with Crippen LogP contribution in [0.1, 0.15) is 59.3 Å². The molecule has 6 atom stereocenters. The van der Waals surface area contributed by atoms with Gasteiger partial charge in [0.15, 0.2) is 0 Å². The smallest absolute Gasteiger partial charge is 0.410 e. The van der Waals surface area contributed by atoms with E-state index in [0.717, 1.165) is 25.3 Å². The Bertz CT molecular complexity index is 485. The molecule has 0 aromatic carbocycles. The molecule has 0 aliphatic carbocycles. The lowest BCUT2D eigenvalue weighted by Crippen LogP contribution is -2.41. The van der Waals surface area contributed by atoms with Gasteiger partial charge in [-0.05, 0) is 59.3 Å². The number of nitrogens with one attached hydrogen (secondary N) is 1. The Morgan fingerprint density at radius 2 is 1.69 bits per heavy atom. The van der Waals surface area contributed by atoms with Crippen LogP contribution in [0.4, 0.5) is 4.79 Å². The van der Waals surface area contributed by atoms with Gasteiger partial charge < -0.3 is 19.5 Å². The molecule has 0 saturated carbocycles. The van der Waals surface area contributed by atoms with E-state index < -0.39 is 5.60 Å². The van der Waals surface area contributed by atoms with Crippen molar-refractivity contribution in [3.8, 4) is 0 Å². The van der Waals surface area contributed by atoms with Gasteiger partial charge in [0.05, 0.1) is 18.2 Å². The third-order valence-corrected chi connectivity index (χ3v) is 5.93. The maximum absolute atomic E-state index is 12.0. The summed E-state index contributed by atoms with van der Waals surface area (Å²) in [6.07, 6.45) is 7.55. The molecule has 4 saturated heterocycles. The van der Waals surface area contributed by atoms with E-state index in [-0.39, 0.29) is 30.6 Å². The standard InChI is InChI=1S/C12H21NO3.C7H13NO.ClH/c1-12(2,3)16-11(14)13-8-5-6-9(13)10(7-8)15-4;1-9-7-4-5-2-3-6(7)8-5;/h8-10H,5-7H2,1-4H3;5-8H,2-4H2,1H3;1H/t8-,9+,10+;5-,6+,7+;/m00./s1. The van der Waals surface area contributed by atoms with Crippen molar-refractivity contribution in [2.75, 3.05) is 14.2 Å². The fraction of sp³-hybridized carbons (Fsp3) is 0.947. The first-order chi connectivity index (χ1) is 11.8. The number of methoxy groups -OCH3 is 2. The number of carbonyl (C=O) groups excluding carboxylic acids is 1. The second-order valence-corrected chi connectivity index (χ2v) is 8.75. The number of fused-ring (bicyclic) bond motifs is 4. The molecule has 0 radical (unpaired) electrons. The largest absolute Gasteiger partial charge is 0.444 e. The molecular weight excluding hydrogens is 356 g/mol. The maximum atomic E-state index is 12.0. The van der Waals surface area contributed by atoms with Crippen LogP contribution in [0.5, 0.6) is 0 Å². The number of ether oxygens (including phenoxy) is 3. The number of rotatable bonds is 2. The molecule has 4 bridgehead atoms. The van der Waals surface area contributed by atoms with Crippen LogP contribution in [-0.4, -0.2) is 67.2 Å². The van der Waals surface area contributed by atoms with Gasteiger partial charge in [0.25, 0.3) is 0 Å². The number of hydrogen-bond acceptors (Lipinski definition) is 5. The highest BCUT2D eigenvalue weighted by atomic mass is 35.5. The van der Waals surface area contributed by atoms with Crippen LogP contribution in [0.3, 0.4) is 0 Å². The molecule has 7 heteroatoms. The Hall–Kier alpha value is -0.560. The van der Waals surface area contributed by atoms with E-state index in [1.807, 2.05) is 32.8 Å². The first-order valence-corrected chi connectivity index (χ1v) is 9.65. The minimum atomic E-state index is -0.415. The quantitative estimate of drug-likeness (QED) is 0.784. The zero-order valence-electron chi connectivity index (χ0n) is 16.7. The van der Waals surface area contributed by atoms with Gasteiger partial charge in [-0.1, -0.05) is 0 Å². The molecule has 4 rings (SSSR count). The van der Waals surface area contributed by atoms with E-state index in [1.54, 1.807) is 7.11 Å². The Kier molecular flexibility index (Phi) is 7.22. The van der Waals surface area contributed by atoms with Crippen molar-refractivity contribution in [3.05, 3.63) is 0 Å². The van der Waals surface area contributed by atoms with E-state index in [0.29, 0.717) is 18.2 Å². The predicted molar refractivity (Wildman–Crippen MR) is 103 cm³/mol. The summed E-state index contributed by atoms with van der Waals surface area (Å²) in [7, 11) is 3.53. The van der Waals surface area contributed by atoms with Crippen molar-refractivity contribution in [3.63, 3.8) is 0 Å². The first kappa shape index (κ1) is 21.7. The molecule has 4 aliphatic heterocycles. The summed E-state index contributed by atoms with van der Waals surface area (Å²) >= 11 is 0. The van der Waals surface area contributed by atoms with Gasteiger partial charge in [-0.3, -0.25) is 4.90 Å². The summed E-state index contributed by atoms with van der Waals surface area (Å²) in [5, 5.41) is 3.50. The van der Waals surface area contributed by atoms with Crippen LogP contribution in [-0.2, 0) is 14.2 Å². The fourth-order valence-corrected chi connectivity index (χ4v) is 4.82. The van der Waals surface area contributed by atoms with Crippen LogP contribution in [0.25, 0.3) is 0 Å². The minimum Gasteiger partial charge on any atom is -0.444 e. The zero-order chi connectivity index (χ0) is 18.2. The zero-order valence-corrected chi connectivity index (χ0v) is 17.5. The summed E-state index contributed by atoms with van der Waals surface area (Å²) in [4.78, 5) is 13.9. The maximum Gasteiger partial charge on any atom is 0.410 e. The molecule has 0 aromatic rings. The Morgan fingerprint density at radius 3 is 2.12 bits per heavy atom. The molecule has 6 nitrogen and oxygen atoms in total. The van der Waals surface area contributed by atoms with Crippen LogP contribution in [0.2, 0.25) is 0 Å². The van der Waals surface area contributed by atoms with Crippen molar-refractivity contribution in [1.29, 1.82) is 0 Å². The highest BCUT2D eigenvalue weighted by Crippen LogP contribution is 2.39. The molecule has 0 unspecified atom stereocenters. The lowest BCUT2D eigenvalue weighted by atomic mass is 9.98. The van der Waals surface area contributed by atoms with Crippen molar-refractivity contribution in [1.82, 2.24) is 10.2 Å². The third-order valence-electron chi connectivity index (χ3n) is 5.93. The molecule has 0 aromatic heterocycles. The fourth-order valence-electron chi connectivity index (χ4n) is 4.82. The average Bonchev–Trinajstić information content (AvgIpc) is 3.32. The second kappa shape index (κ2) is 8.63. The van der Waals surface area contributed by atoms with Crippen LogP contribution in [0, 0.1) is 0 Å². The van der Waals surface area contributed by atoms with Gasteiger partial charge in [0.2, 0.25) is 0 Å². The van der Waals surface area contributed by atoms with E-state index >= 15 is 0 Å². The van der Waals surface area contributed by atoms with Crippen molar-refractivity contribution in [2.24, 2.45) is 0 Å². The molecule has 4 heterocycles. The summed E-state index contributed by atoms with van der Waals surface area (Å²) in [6.45, 7) is 5.70. The lowest BCUT2D eigenvalue weighted by Gasteiger charge is -2.27. The number of halogens is 1. The summed E-state index contributed by atoms with van der Waals surface area (Å²) in [5.74, 6) is 0. The SMILES string of the molecule is CO[C@@H]1C[C@@H]2CC[C@H]1N2.CO[C@@H]1C[C@@H]2CC[C@H]1N2C(=O)OC(C)(C)C.Cl. The van der Waals surface area contributed by atoms with E-state index in [9.17, 15) is 4.79 Å². The van der Waals surface area contributed by atoms with E-state index in [2.05, 4.69) is 5.32 Å². The van der Waals surface area contributed by atoms with Gasteiger partial charge in [0, 0.05) is 32.3 Å². The number of hydrogen-bond donors (Lipinski definition) is 1. The highest BCUT2D eigenvalue weighted by Gasteiger charge is 2.50. The number of nitrogens with zero attached hydrogens (tertiary/aromatic N) is 1. The average molecular weight is 391 g/mol. The molecular formula is C19H35ClN2O4. The van der Waals surface area contributed by atoms with Gasteiger partial charge in [0.1, 0.15) is 5.60 Å². The minimum absolute atomic E-state index is 0. The summed E-state index contributed by atoms with van der Waals surface area (Å²) in [5.41, 5.74) is -0.415. The topological polar surface area (TPSA) is 60.0 Å². The van der Waals surface area contributed by atoms with Gasteiger partial charge in [-0.2, -0.15) is 0 Å². The van der Waals surface area contributed by atoms with E-state index in [4.69, 9.17) is 14.2 Å². The molecule has 1 amide bonds. The molecule has 26 heavy (non-hydrogen) atoms. The van der Waals surface area contributed by atoms with Crippen molar-refractivity contribution in [2.45, 2.75) is 101 Å². The lowest BCUT2D eigenvalue weighted by molar-refractivity contribution is 0.0132. The van der Waals surface area contributed by atoms with E-state index in [1.165, 1.54) is 19.3 Å². The summed E-state index contributed by atoms with van der Waals surface area (Å²) < 4.78 is 16.1. The normalized spacial score (nSPS) is 37.2. The monoisotopic (exact) mass is 390 g/mol. The highest BCUT2D eigenvalue weighted by molar-refractivity contribution is 5.85. The molecule has 0 spiro atoms. The van der Waals surface area contributed by atoms with Crippen molar-refractivity contribution < 1.29 is 19.0 Å². The molecule has 4 aliphatic rings. The van der Waals surface area contributed by atoms with Crippen LogP contribution in [0.15, 0.2) is 0 Å². The number of carbonyl (C=O) groups is 1.